The summed E-state index contributed by atoms with van der Waals surface area (Å²) in [4.78, 5) is 22.2. The molecule has 1 heterocycles. The lowest BCUT2D eigenvalue weighted by Crippen LogP contribution is -2.26. The van der Waals surface area contributed by atoms with E-state index in [0.717, 1.165) is 24.6 Å². The number of ether oxygens (including phenoxy) is 1. The van der Waals surface area contributed by atoms with Crippen LogP contribution in [0.1, 0.15) is 31.2 Å². The predicted molar refractivity (Wildman–Crippen MR) is 93.2 cm³/mol. The molecule has 1 saturated heterocycles. The van der Waals surface area contributed by atoms with Gasteiger partial charge in [0.25, 0.3) is 0 Å². The molecule has 1 saturated carbocycles. The zero-order valence-electron chi connectivity index (χ0n) is 13.2. The van der Waals surface area contributed by atoms with Crippen LogP contribution in [-0.2, 0) is 9.59 Å². The number of carbonyl (C=O) groups is 2. The average Bonchev–Trinajstić information content (AvgIpc) is 2.84. The van der Waals surface area contributed by atoms with Crippen LogP contribution in [0.5, 0.6) is 11.5 Å². The van der Waals surface area contributed by atoms with E-state index >= 15 is 0 Å². The van der Waals surface area contributed by atoms with Gasteiger partial charge in [0.15, 0.2) is 5.17 Å². The van der Waals surface area contributed by atoms with Gasteiger partial charge < -0.3 is 20.3 Å². The summed E-state index contributed by atoms with van der Waals surface area (Å²) in [5.41, 5.74) is 0.460. The van der Waals surface area contributed by atoms with Crippen molar-refractivity contribution in [2.45, 2.75) is 37.0 Å². The van der Waals surface area contributed by atoms with Gasteiger partial charge in [0.2, 0.25) is 5.91 Å². The molecule has 0 radical (unpaired) electrons. The lowest BCUT2D eigenvalue weighted by Gasteiger charge is -2.26. The van der Waals surface area contributed by atoms with Crippen LogP contribution in [0.3, 0.4) is 0 Å². The maximum Gasteiger partial charge on any atom is 0.305 e. The molecular formula is C16H17N3O5S. The van der Waals surface area contributed by atoms with Crippen molar-refractivity contribution in [2.24, 2.45) is 10.2 Å². The molecule has 1 unspecified atom stereocenters. The van der Waals surface area contributed by atoms with Crippen molar-refractivity contribution in [2.75, 3.05) is 0 Å². The third-order valence-corrected chi connectivity index (χ3v) is 4.91. The number of phenolic OH excluding ortho intramolecular Hbond substituents is 1. The molecule has 0 spiro atoms. The summed E-state index contributed by atoms with van der Waals surface area (Å²) < 4.78 is 5.70. The number of thioether (sulfide) groups is 1. The third kappa shape index (κ3) is 4.50. The van der Waals surface area contributed by atoms with E-state index in [1.54, 1.807) is 12.1 Å². The van der Waals surface area contributed by atoms with Gasteiger partial charge in [-0.05, 0) is 31.4 Å². The van der Waals surface area contributed by atoms with Crippen molar-refractivity contribution in [1.82, 2.24) is 5.32 Å². The van der Waals surface area contributed by atoms with Crippen LogP contribution >= 0.6 is 11.8 Å². The Kier molecular flexibility index (Phi) is 5.22. The molecular weight excluding hydrogens is 346 g/mol. The number of benzene rings is 1. The molecule has 0 bridgehead atoms. The fourth-order valence-corrected chi connectivity index (χ4v) is 3.19. The first kappa shape index (κ1) is 17.3. The van der Waals surface area contributed by atoms with Gasteiger partial charge in [0.05, 0.1) is 18.7 Å². The summed E-state index contributed by atoms with van der Waals surface area (Å²) in [6.07, 6.45) is 4.55. The summed E-state index contributed by atoms with van der Waals surface area (Å²) in [6, 6.07) is 4.95. The third-order valence-electron chi connectivity index (χ3n) is 3.84. The molecule has 1 aromatic rings. The number of hydrogen-bond donors (Lipinski definition) is 3. The number of carboxylic acid groups (broad SMARTS) is 1. The Morgan fingerprint density at radius 2 is 2.24 bits per heavy atom. The molecule has 132 valence electrons. The van der Waals surface area contributed by atoms with Crippen molar-refractivity contribution in [1.29, 1.82) is 0 Å². The van der Waals surface area contributed by atoms with E-state index in [9.17, 15) is 14.7 Å². The number of aromatic hydroxyl groups is 1. The second-order valence-electron chi connectivity index (χ2n) is 5.73. The molecule has 3 rings (SSSR count). The highest BCUT2D eigenvalue weighted by atomic mass is 32.2. The Morgan fingerprint density at radius 1 is 1.44 bits per heavy atom. The molecule has 8 nitrogen and oxygen atoms in total. The minimum Gasteiger partial charge on any atom is -0.507 e. The fourth-order valence-electron chi connectivity index (χ4n) is 2.28. The van der Waals surface area contributed by atoms with E-state index in [1.807, 2.05) is 0 Å². The Labute approximate surface area is 148 Å². The maximum absolute atomic E-state index is 11.6. The lowest BCUT2D eigenvalue weighted by molar-refractivity contribution is -0.138. The van der Waals surface area contributed by atoms with Crippen LogP contribution in [0.15, 0.2) is 28.4 Å². The van der Waals surface area contributed by atoms with Gasteiger partial charge >= 0.3 is 5.97 Å². The highest BCUT2D eigenvalue weighted by Crippen LogP contribution is 2.28. The number of amides is 1. The number of rotatable bonds is 6. The quantitative estimate of drug-likeness (QED) is 0.523. The number of carboxylic acids is 1. The molecule has 2 fully saturated rings. The smallest absolute Gasteiger partial charge is 0.305 e. The molecule has 0 aromatic heterocycles. The van der Waals surface area contributed by atoms with Gasteiger partial charge in [-0.25, -0.2) is 0 Å². The average molecular weight is 363 g/mol. The van der Waals surface area contributed by atoms with E-state index in [4.69, 9.17) is 9.84 Å². The van der Waals surface area contributed by atoms with Crippen LogP contribution < -0.4 is 10.1 Å². The Morgan fingerprint density at radius 3 is 2.88 bits per heavy atom. The van der Waals surface area contributed by atoms with Crippen LogP contribution in [-0.4, -0.2) is 44.8 Å². The van der Waals surface area contributed by atoms with Crippen LogP contribution in [0.25, 0.3) is 0 Å². The van der Waals surface area contributed by atoms with Crippen LogP contribution in [0.2, 0.25) is 0 Å². The first-order chi connectivity index (χ1) is 12.0. The molecule has 2 aliphatic rings. The summed E-state index contributed by atoms with van der Waals surface area (Å²) >= 11 is 1.02. The van der Waals surface area contributed by atoms with Crippen LogP contribution in [0.4, 0.5) is 0 Å². The molecule has 1 atom stereocenters. The molecule has 1 aliphatic heterocycles. The molecule has 1 aromatic carbocycles. The van der Waals surface area contributed by atoms with Gasteiger partial charge in [0, 0.05) is 11.6 Å². The first-order valence-electron chi connectivity index (χ1n) is 7.81. The first-order valence-corrected chi connectivity index (χ1v) is 8.69. The van der Waals surface area contributed by atoms with Crippen molar-refractivity contribution in [3.63, 3.8) is 0 Å². The Bertz CT molecular complexity index is 745. The van der Waals surface area contributed by atoms with Gasteiger partial charge in [-0.1, -0.05) is 11.8 Å². The summed E-state index contributed by atoms with van der Waals surface area (Å²) in [5, 5.41) is 28.4. The van der Waals surface area contributed by atoms with Gasteiger partial charge in [-0.15, -0.1) is 5.10 Å². The zero-order valence-corrected chi connectivity index (χ0v) is 14.0. The lowest BCUT2D eigenvalue weighted by atomic mass is 9.96. The SMILES string of the molecule is O=C(O)CC1SC(=NN=Cc2ccc(OC3CCC3)cc2O)NC1=O. The second kappa shape index (κ2) is 7.56. The predicted octanol–water partition coefficient (Wildman–Crippen LogP) is 1.72. The Hall–Kier alpha value is -2.55. The molecule has 3 N–H and O–H groups in total. The van der Waals surface area contributed by atoms with E-state index in [2.05, 4.69) is 15.5 Å². The monoisotopic (exact) mass is 363 g/mol. The number of carbonyl (C=O) groups excluding carboxylic acids is 1. The summed E-state index contributed by atoms with van der Waals surface area (Å²) in [6.45, 7) is 0. The van der Waals surface area contributed by atoms with Crippen molar-refractivity contribution in [3.8, 4) is 11.5 Å². The van der Waals surface area contributed by atoms with E-state index in [-0.39, 0.29) is 23.4 Å². The largest absolute Gasteiger partial charge is 0.507 e. The number of nitrogens with one attached hydrogen (secondary N) is 1. The minimum absolute atomic E-state index is 0.0210. The number of amidine groups is 1. The molecule has 9 heteroatoms. The fraction of sp³-hybridized carbons (Fsp3) is 0.375. The topological polar surface area (TPSA) is 121 Å². The standard InChI is InChI=1S/C16H17N3O5S/c20-12-6-11(24-10-2-1-3-10)5-4-9(12)8-17-19-16-18-15(23)13(25-16)7-14(21)22/h4-6,8,10,13,20H,1-3,7H2,(H,21,22)(H,18,19,23). The Balaban J connectivity index is 1.60. The highest BCUT2D eigenvalue weighted by Gasteiger charge is 2.32. The number of aliphatic carboxylic acids is 1. The summed E-state index contributed by atoms with van der Waals surface area (Å²) in [7, 11) is 0. The molecule has 25 heavy (non-hydrogen) atoms. The van der Waals surface area contributed by atoms with Crippen molar-refractivity contribution >= 4 is 35.0 Å². The van der Waals surface area contributed by atoms with E-state index < -0.39 is 17.1 Å². The van der Waals surface area contributed by atoms with Crippen molar-refractivity contribution in [3.05, 3.63) is 23.8 Å². The zero-order chi connectivity index (χ0) is 17.8. The molecule has 1 aliphatic carbocycles. The highest BCUT2D eigenvalue weighted by molar-refractivity contribution is 8.15. The number of nitrogens with zero attached hydrogens (tertiary/aromatic N) is 2. The van der Waals surface area contributed by atoms with Crippen molar-refractivity contribution < 1.29 is 24.5 Å². The maximum atomic E-state index is 11.6. The normalized spacial score (nSPS) is 22.2. The number of hydrogen-bond acceptors (Lipinski definition) is 7. The van der Waals surface area contributed by atoms with Gasteiger partial charge in [-0.3, -0.25) is 9.59 Å². The number of phenols is 1. The van der Waals surface area contributed by atoms with E-state index in [1.165, 1.54) is 18.7 Å². The van der Waals surface area contributed by atoms with Gasteiger partial charge in [-0.2, -0.15) is 5.10 Å². The van der Waals surface area contributed by atoms with E-state index in [0.29, 0.717) is 11.3 Å². The minimum atomic E-state index is -1.05. The van der Waals surface area contributed by atoms with Crippen LogP contribution in [0, 0.1) is 0 Å². The summed E-state index contributed by atoms with van der Waals surface area (Å²) in [5.74, 6) is -0.818. The second-order valence-corrected chi connectivity index (χ2v) is 6.93. The van der Waals surface area contributed by atoms with Gasteiger partial charge in [0.1, 0.15) is 16.7 Å². The molecule has 1 amide bonds.